The first-order valence-electron chi connectivity index (χ1n) is 10.9. The molecule has 2 aliphatic rings. The normalized spacial score (nSPS) is 19.1. The number of rotatable bonds is 3. The zero-order chi connectivity index (χ0) is 22.5. The zero-order valence-corrected chi connectivity index (χ0v) is 18.5. The van der Waals surface area contributed by atoms with Gasteiger partial charge in [-0.1, -0.05) is 17.7 Å². The van der Waals surface area contributed by atoms with Crippen molar-refractivity contribution >= 4 is 45.4 Å². The molecule has 0 radical (unpaired) electrons. The van der Waals surface area contributed by atoms with E-state index < -0.39 is 0 Å². The number of imidazole rings is 1. The van der Waals surface area contributed by atoms with Crippen LogP contribution >= 0.6 is 11.6 Å². The average molecular weight is 468 g/mol. The average Bonchev–Trinajstić information content (AvgIpc) is 3.48. The van der Waals surface area contributed by atoms with Crippen molar-refractivity contribution < 1.29 is 4.74 Å². The summed E-state index contributed by atoms with van der Waals surface area (Å²) in [6, 6.07) is 5.16. The maximum atomic E-state index is 13.8. The lowest BCUT2D eigenvalue weighted by Crippen LogP contribution is -2.51. The van der Waals surface area contributed by atoms with E-state index in [0.717, 1.165) is 19.4 Å². The van der Waals surface area contributed by atoms with Crippen molar-refractivity contribution in [1.82, 2.24) is 29.6 Å². The Morgan fingerprint density at radius 3 is 2.85 bits per heavy atom. The predicted octanol–water partition coefficient (Wildman–Crippen LogP) is 1.61. The van der Waals surface area contributed by atoms with Crippen LogP contribution in [0, 0.1) is 0 Å². The van der Waals surface area contributed by atoms with E-state index in [1.54, 1.807) is 17.1 Å². The number of aromatic amines is 1. The summed E-state index contributed by atoms with van der Waals surface area (Å²) in [7, 11) is 0. The summed E-state index contributed by atoms with van der Waals surface area (Å²) in [6.45, 7) is 2.99. The van der Waals surface area contributed by atoms with Crippen LogP contribution in [-0.2, 0) is 4.74 Å². The van der Waals surface area contributed by atoms with Crippen molar-refractivity contribution in [3.63, 3.8) is 0 Å². The van der Waals surface area contributed by atoms with E-state index in [4.69, 9.17) is 27.1 Å². The Balaban J connectivity index is 1.56. The van der Waals surface area contributed by atoms with Gasteiger partial charge in [-0.2, -0.15) is 9.97 Å². The highest BCUT2D eigenvalue weighted by Crippen LogP contribution is 2.37. The lowest BCUT2D eigenvalue weighted by atomic mass is 10.1. The summed E-state index contributed by atoms with van der Waals surface area (Å²) >= 11 is 6.43. The van der Waals surface area contributed by atoms with Crippen LogP contribution in [-0.4, -0.2) is 62.4 Å². The number of nitrogens with two attached hydrogens (primary N) is 1. The molecule has 3 aromatic heterocycles. The lowest BCUT2D eigenvalue weighted by Gasteiger charge is -2.35. The molecule has 1 atom stereocenters. The SMILES string of the molecule is Nc1nc(N2CCC[C@H]2c2nc3cccc(Cl)c3c(=O)n2N2CCOCC2)c2[nH]cnc2n1. The van der Waals surface area contributed by atoms with Crippen LogP contribution in [0.3, 0.4) is 0 Å². The third-order valence-corrected chi connectivity index (χ3v) is 6.54. The number of nitrogens with zero attached hydrogens (tertiary/aromatic N) is 7. The zero-order valence-electron chi connectivity index (χ0n) is 17.7. The molecule has 170 valence electrons. The minimum atomic E-state index is -0.190. The number of H-pyrrole nitrogens is 1. The molecule has 12 heteroatoms. The summed E-state index contributed by atoms with van der Waals surface area (Å²) in [4.78, 5) is 37.0. The van der Waals surface area contributed by atoms with Gasteiger partial charge in [0.05, 0.1) is 54.6 Å². The molecule has 0 saturated carbocycles. The van der Waals surface area contributed by atoms with E-state index in [2.05, 4.69) is 24.8 Å². The van der Waals surface area contributed by atoms with Gasteiger partial charge in [0.1, 0.15) is 5.52 Å². The Kier molecular flexibility index (Phi) is 4.80. The highest BCUT2D eigenvalue weighted by atomic mass is 35.5. The number of morpholine rings is 1. The molecule has 11 nitrogen and oxygen atoms in total. The fourth-order valence-corrected chi connectivity index (χ4v) is 5.02. The molecule has 0 spiro atoms. The minimum absolute atomic E-state index is 0.152. The molecule has 4 aromatic rings. The van der Waals surface area contributed by atoms with Crippen molar-refractivity contribution in [3.05, 3.63) is 45.7 Å². The van der Waals surface area contributed by atoms with Crippen molar-refractivity contribution in [2.45, 2.75) is 18.9 Å². The van der Waals surface area contributed by atoms with Crippen molar-refractivity contribution in [2.75, 3.05) is 48.5 Å². The van der Waals surface area contributed by atoms with Gasteiger partial charge in [-0.3, -0.25) is 4.79 Å². The Bertz CT molecular complexity index is 1410. The molecule has 3 N–H and O–H groups in total. The van der Waals surface area contributed by atoms with Gasteiger partial charge in [0.2, 0.25) is 5.95 Å². The number of hydrogen-bond donors (Lipinski definition) is 2. The molecule has 0 aliphatic carbocycles. The molecular formula is C21H22ClN9O2. The fraction of sp³-hybridized carbons (Fsp3) is 0.381. The van der Waals surface area contributed by atoms with Crippen LogP contribution in [0.25, 0.3) is 22.1 Å². The molecule has 0 amide bonds. The van der Waals surface area contributed by atoms with Gasteiger partial charge in [-0.05, 0) is 25.0 Å². The molecule has 2 aliphatic heterocycles. The third-order valence-electron chi connectivity index (χ3n) is 6.23. The molecule has 0 unspecified atom stereocenters. The van der Waals surface area contributed by atoms with Gasteiger partial charge in [0.25, 0.3) is 5.56 Å². The highest BCUT2D eigenvalue weighted by Gasteiger charge is 2.35. The van der Waals surface area contributed by atoms with Gasteiger partial charge < -0.3 is 25.4 Å². The fourth-order valence-electron chi connectivity index (χ4n) is 4.77. The lowest BCUT2D eigenvalue weighted by molar-refractivity contribution is 0.110. The van der Waals surface area contributed by atoms with E-state index in [9.17, 15) is 4.79 Å². The van der Waals surface area contributed by atoms with Crippen molar-refractivity contribution in [2.24, 2.45) is 0 Å². The Morgan fingerprint density at radius 2 is 2.00 bits per heavy atom. The first kappa shape index (κ1) is 20.2. The number of nitrogen functional groups attached to an aromatic ring is 1. The topological polar surface area (TPSA) is 131 Å². The molecule has 1 aromatic carbocycles. The van der Waals surface area contributed by atoms with Gasteiger partial charge in [0.15, 0.2) is 17.3 Å². The van der Waals surface area contributed by atoms with E-state index in [0.29, 0.717) is 65.0 Å². The Hall–Kier alpha value is -3.44. The van der Waals surface area contributed by atoms with Crippen LogP contribution in [0.2, 0.25) is 5.02 Å². The van der Waals surface area contributed by atoms with Crippen LogP contribution in [0.15, 0.2) is 29.3 Å². The summed E-state index contributed by atoms with van der Waals surface area (Å²) in [5.41, 5.74) is 7.60. The number of anilines is 2. The molecule has 2 saturated heterocycles. The summed E-state index contributed by atoms with van der Waals surface area (Å²) in [5.74, 6) is 1.46. The Labute approximate surface area is 193 Å². The Morgan fingerprint density at radius 1 is 1.15 bits per heavy atom. The second-order valence-corrected chi connectivity index (χ2v) is 8.55. The van der Waals surface area contributed by atoms with Crippen molar-refractivity contribution in [3.8, 4) is 0 Å². The number of fused-ring (bicyclic) bond motifs is 2. The first-order valence-corrected chi connectivity index (χ1v) is 11.3. The van der Waals surface area contributed by atoms with Gasteiger partial charge in [-0.15, -0.1) is 0 Å². The smallest absolute Gasteiger partial charge is 0.281 e. The minimum Gasteiger partial charge on any atom is -0.378 e. The highest BCUT2D eigenvalue weighted by molar-refractivity contribution is 6.35. The molecule has 2 fully saturated rings. The predicted molar refractivity (Wildman–Crippen MR) is 125 cm³/mol. The second kappa shape index (κ2) is 7.85. The number of aromatic nitrogens is 6. The standard InChI is InChI=1S/C21H22ClN9O2/c22-12-3-1-4-13-15(12)20(32)31(29-7-9-33-10-8-29)18(26-13)14-5-2-6-30(14)19-16-17(25-11-24-16)27-21(23)28-19/h1,3-4,11,14H,2,5-10H2,(H3,23,24,25,27,28)/t14-/m0/s1. The summed E-state index contributed by atoms with van der Waals surface area (Å²) < 4.78 is 7.21. The number of hydrogen-bond acceptors (Lipinski definition) is 9. The van der Waals surface area contributed by atoms with Crippen LogP contribution in [0.4, 0.5) is 11.8 Å². The number of nitrogens with one attached hydrogen (secondary N) is 1. The summed E-state index contributed by atoms with van der Waals surface area (Å²) in [5, 5.41) is 2.80. The van der Waals surface area contributed by atoms with E-state index in [1.165, 1.54) is 0 Å². The summed E-state index contributed by atoms with van der Waals surface area (Å²) in [6.07, 6.45) is 3.30. The molecular weight excluding hydrogens is 446 g/mol. The maximum absolute atomic E-state index is 13.8. The molecule has 33 heavy (non-hydrogen) atoms. The second-order valence-electron chi connectivity index (χ2n) is 8.14. The van der Waals surface area contributed by atoms with Crippen molar-refractivity contribution in [1.29, 1.82) is 0 Å². The van der Waals surface area contributed by atoms with Crippen LogP contribution in [0.5, 0.6) is 0 Å². The number of benzene rings is 1. The number of ether oxygens (including phenoxy) is 1. The van der Waals surface area contributed by atoms with E-state index in [1.807, 2.05) is 17.1 Å². The monoisotopic (exact) mass is 467 g/mol. The van der Waals surface area contributed by atoms with Crippen LogP contribution < -0.4 is 21.2 Å². The third kappa shape index (κ3) is 3.26. The first-order chi connectivity index (χ1) is 16.1. The largest absolute Gasteiger partial charge is 0.378 e. The van der Waals surface area contributed by atoms with Crippen LogP contribution in [0.1, 0.15) is 24.7 Å². The van der Waals surface area contributed by atoms with E-state index in [-0.39, 0.29) is 17.5 Å². The maximum Gasteiger partial charge on any atom is 0.281 e. The molecule has 5 heterocycles. The van der Waals surface area contributed by atoms with Gasteiger partial charge >= 0.3 is 0 Å². The van der Waals surface area contributed by atoms with Gasteiger partial charge in [0, 0.05) is 6.54 Å². The van der Waals surface area contributed by atoms with Gasteiger partial charge in [-0.25, -0.2) is 14.6 Å². The molecule has 0 bridgehead atoms. The quantitative estimate of drug-likeness (QED) is 0.461. The molecule has 6 rings (SSSR count). The van der Waals surface area contributed by atoms with E-state index >= 15 is 0 Å². The number of halogens is 1.